The van der Waals surface area contributed by atoms with E-state index in [2.05, 4.69) is 31.0 Å². The van der Waals surface area contributed by atoms with Crippen LogP contribution in [0.1, 0.15) is 63.4 Å². The van der Waals surface area contributed by atoms with Gasteiger partial charge in [0.25, 0.3) is 0 Å². The molecule has 57 heavy (non-hydrogen) atoms. The lowest BCUT2D eigenvalue weighted by Crippen LogP contribution is -2.60. The maximum Gasteiger partial charge on any atom is 0.404 e. The standard InChI is InChI=1S/C44H61FN6O5S/c45-36-10-4-9-35(25-36)44(32-49-21-8-22-49,40-13-6-14-41(40)46-43(53)54)34-16-23-48(24-17-34)27-33-28-50(29-33)37-11-5-12-38(26-37)57(55,56)39-30-51(31-39)42(52)15-7-20-47-18-2-1-3-19-47/h4-5,7,9-12,15,25-26,33-34,39-41,46H,1-3,6,8,13-14,16-24,27-32H2,(H,53,54)/b15-7+/t40-,41-,44+/m0/s1. The molecule has 5 saturated heterocycles. The molecule has 6 fully saturated rings. The lowest BCUT2D eigenvalue weighted by atomic mass is 9.57. The van der Waals surface area contributed by atoms with Crippen molar-refractivity contribution in [3.8, 4) is 0 Å². The number of piperidine rings is 2. The van der Waals surface area contributed by atoms with Gasteiger partial charge in [0.05, 0.1) is 4.90 Å². The van der Waals surface area contributed by atoms with Gasteiger partial charge in [0.1, 0.15) is 11.1 Å². The Bertz CT molecular complexity index is 1870. The number of carboxylic acid groups (broad SMARTS) is 1. The van der Waals surface area contributed by atoms with Crippen molar-refractivity contribution in [2.45, 2.75) is 79.4 Å². The highest BCUT2D eigenvalue weighted by Gasteiger charge is 2.53. The molecule has 2 N–H and O–H groups in total. The molecule has 0 aromatic heterocycles. The van der Waals surface area contributed by atoms with Crippen LogP contribution in [0.3, 0.4) is 0 Å². The van der Waals surface area contributed by atoms with Crippen molar-refractivity contribution >= 4 is 27.5 Å². The lowest BCUT2D eigenvalue weighted by molar-refractivity contribution is -0.129. The average molecular weight is 805 g/mol. The minimum atomic E-state index is -3.56. The van der Waals surface area contributed by atoms with Gasteiger partial charge in [0.2, 0.25) is 5.91 Å². The number of carbonyl (C=O) groups excluding carboxylic acids is 1. The summed E-state index contributed by atoms with van der Waals surface area (Å²) in [6.07, 6.45) is 12.0. The minimum absolute atomic E-state index is 0.106. The van der Waals surface area contributed by atoms with Crippen LogP contribution in [-0.4, -0.2) is 141 Å². The molecule has 6 aliphatic rings. The monoisotopic (exact) mass is 804 g/mol. The Balaban J connectivity index is 0.856. The van der Waals surface area contributed by atoms with Crippen molar-refractivity contribution in [3.63, 3.8) is 0 Å². The third-order valence-corrected chi connectivity index (χ3v) is 16.3. The van der Waals surface area contributed by atoms with Crippen LogP contribution in [-0.2, 0) is 20.0 Å². The third-order valence-electron chi connectivity index (χ3n) is 14.3. The van der Waals surface area contributed by atoms with E-state index >= 15 is 0 Å². The molecule has 13 heteroatoms. The first-order chi connectivity index (χ1) is 27.6. The second-order valence-corrected chi connectivity index (χ2v) is 20.0. The fraction of sp³-hybridized carbons (Fsp3) is 0.636. The molecular formula is C44H61FN6O5S. The number of hydrogen-bond acceptors (Lipinski definition) is 8. The number of sulfone groups is 1. The number of halogens is 1. The van der Waals surface area contributed by atoms with E-state index in [1.807, 2.05) is 24.3 Å². The summed E-state index contributed by atoms with van der Waals surface area (Å²) in [5.41, 5.74) is 1.61. The number of likely N-dealkylation sites (tertiary alicyclic amines) is 4. The van der Waals surface area contributed by atoms with Crippen LogP contribution in [0.25, 0.3) is 0 Å². The highest BCUT2D eigenvalue weighted by Crippen LogP contribution is 2.51. The van der Waals surface area contributed by atoms with Gasteiger partial charge in [0, 0.05) is 75.0 Å². The number of nitrogens with zero attached hydrogens (tertiary/aromatic N) is 5. The Hall–Kier alpha value is -3.52. The molecule has 1 saturated carbocycles. The lowest BCUT2D eigenvalue weighted by Gasteiger charge is -2.54. The summed E-state index contributed by atoms with van der Waals surface area (Å²) in [6.45, 7) is 10.9. The molecule has 2 aromatic carbocycles. The van der Waals surface area contributed by atoms with Crippen LogP contribution in [0, 0.1) is 23.6 Å². The molecule has 2 aromatic rings. The second-order valence-electron chi connectivity index (χ2n) is 17.8. The quantitative estimate of drug-likeness (QED) is 0.253. The van der Waals surface area contributed by atoms with Gasteiger partial charge in [-0.2, -0.15) is 0 Å². The van der Waals surface area contributed by atoms with Gasteiger partial charge in [-0.05, 0) is 132 Å². The fourth-order valence-electron chi connectivity index (χ4n) is 11.0. The Morgan fingerprint density at radius 3 is 2.26 bits per heavy atom. The van der Waals surface area contributed by atoms with Gasteiger partial charge >= 0.3 is 6.09 Å². The number of amides is 2. The molecule has 0 radical (unpaired) electrons. The van der Waals surface area contributed by atoms with Crippen molar-refractivity contribution in [1.82, 2.24) is 24.9 Å². The Labute approximate surface area is 338 Å². The third kappa shape index (κ3) is 8.77. The number of anilines is 1. The number of hydrogen-bond donors (Lipinski definition) is 2. The molecule has 5 aliphatic heterocycles. The van der Waals surface area contributed by atoms with Crippen molar-refractivity contribution in [2.24, 2.45) is 17.8 Å². The van der Waals surface area contributed by atoms with E-state index in [1.54, 1.807) is 29.2 Å². The van der Waals surface area contributed by atoms with Crippen molar-refractivity contribution in [2.75, 3.05) is 90.0 Å². The zero-order chi connectivity index (χ0) is 39.6. The predicted molar refractivity (Wildman–Crippen MR) is 220 cm³/mol. The average Bonchev–Trinajstić information content (AvgIpc) is 3.60. The van der Waals surface area contributed by atoms with Crippen LogP contribution in [0.4, 0.5) is 14.9 Å². The topological polar surface area (TPSA) is 117 Å². The molecule has 2 amide bonds. The second kappa shape index (κ2) is 17.4. The molecule has 3 atom stereocenters. The van der Waals surface area contributed by atoms with Crippen molar-refractivity contribution in [1.29, 1.82) is 0 Å². The molecule has 0 bridgehead atoms. The van der Waals surface area contributed by atoms with Gasteiger partial charge in [-0.3, -0.25) is 9.69 Å². The maximum atomic E-state index is 15.0. The van der Waals surface area contributed by atoms with E-state index in [1.165, 1.54) is 25.3 Å². The van der Waals surface area contributed by atoms with E-state index in [0.717, 1.165) is 122 Å². The Kier molecular flexibility index (Phi) is 12.3. The van der Waals surface area contributed by atoms with Crippen molar-refractivity contribution in [3.05, 3.63) is 72.1 Å². The summed E-state index contributed by atoms with van der Waals surface area (Å²) in [6, 6.07) is 14.3. The van der Waals surface area contributed by atoms with E-state index in [9.17, 15) is 27.5 Å². The molecule has 8 rings (SSSR count). The normalized spacial score (nSPS) is 25.8. The first-order valence-electron chi connectivity index (χ1n) is 21.6. The number of carbonyl (C=O) groups is 2. The number of benzene rings is 2. The zero-order valence-electron chi connectivity index (χ0n) is 33.3. The van der Waals surface area contributed by atoms with Gasteiger partial charge in [-0.25, -0.2) is 17.6 Å². The molecule has 5 heterocycles. The summed E-state index contributed by atoms with van der Waals surface area (Å²) >= 11 is 0. The van der Waals surface area contributed by atoms with E-state index < -0.39 is 21.2 Å². The van der Waals surface area contributed by atoms with Crippen LogP contribution in [0.15, 0.2) is 65.6 Å². The SMILES string of the molecule is O=C(O)N[C@H]1CCC[C@@H]1[C@@](CN1CCC1)(c1cccc(F)c1)C1CCN(CC2CN(c3cccc(S(=O)(=O)C4CN(C(=O)/C=C/CN5CCCCC5)C4)c3)C2)CC1. The van der Waals surface area contributed by atoms with Crippen LogP contribution >= 0.6 is 0 Å². The first-order valence-corrected chi connectivity index (χ1v) is 23.1. The van der Waals surface area contributed by atoms with Gasteiger partial charge < -0.3 is 30.0 Å². The summed E-state index contributed by atoms with van der Waals surface area (Å²) in [4.78, 5) is 36.3. The summed E-state index contributed by atoms with van der Waals surface area (Å²) in [5.74, 6) is 0.542. The highest BCUT2D eigenvalue weighted by molar-refractivity contribution is 7.92. The first kappa shape index (κ1) is 40.3. The summed E-state index contributed by atoms with van der Waals surface area (Å²) in [7, 11) is -3.56. The van der Waals surface area contributed by atoms with E-state index in [0.29, 0.717) is 16.7 Å². The van der Waals surface area contributed by atoms with Crippen LogP contribution in [0.2, 0.25) is 0 Å². The predicted octanol–water partition coefficient (Wildman–Crippen LogP) is 5.08. The largest absolute Gasteiger partial charge is 0.465 e. The molecular weight excluding hydrogens is 744 g/mol. The summed E-state index contributed by atoms with van der Waals surface area (Å²) in [5, 5.41) is 12.1. The zero-order valence-corrected chi connectivity index (χ0v) is 34.1. The molecule has 310 valence electrons. The van der Waals surface area contributed by atoms with E-state index in [-0.39, 0.29) is 42.2 Å². The fourth-order valence-corrected chi connectivity index (χ4v) is 12.7. The molecule has 1 aliphatic carbocycles. The Morgan fingerprint density at radius 2 is 1.56 bits per heavy atom. The smallest absolute Gasteiger partial charge is 0.404 e. The number of rotatable bonds is 14. The van der Waals surface area contributed by atoms with E-state index in [4.69, 9.17) is 0 Å². The molecule has 0 unspecified atom stereocenters. The molecule has 11 nitrogen and oxygen atoms in total. The van der Waals surface area contributed by atoms with Gasteiger partial charge in [0.15, 0.2) is 9.84 Å². The molecule has 0 spiro atoms. The van der Waals surface area contributed by atoms with Gasteiger partial charge in [-0.15, -0.1) is 0 Å². The van der Waals surface area contributed by atoms with Gasteiger partial charge in [-0.1, -0.05) is 37.1 Å². The van der Waals surface area contributed by atoms with Crippen molar-refractivity contribution < 1.29 is 27.5 Å². The van der Waals surface area contributed by atoms with Crippen LogP contribution in [0.5, 0.6) is 0 Å². The minimum Gasteiger partial charge on any atom is -0.465 e. The van der Waals surface area contributed by atoms with Crippen LogP contribution < -0.4 is 10.2 Å². The maximum absolute atomic E-state index is 15.0. The Morgan fingerprint density at radius 1 is 0.825 bits per heavy atom. The highest BCUT2D eigenvalue weighted by atomic mass is 32.2. The summed E-state index contributed by atoms with van der Waals surface area (Å²) < 4.78 is 42.2. The number of nitrogens with one attached hydrogen (secondary N) is 1.